The molecule has 2 aromatic carbocycles. The number of ether oxygens (including phenoxy) is 1. The highest BCUT2D eigenvalue weighted by Crippen LogP contribution is 2.41. The van der Waals surface area contributed by atoms with Crippen LogP contribution in [0.1, 0.15) is 36.0 Å². The first-order valence-electron chi connectivity index (χ1n) is 9.70. The SMILES string of the molecule is O=C(O)CCc1ccc(OCC2=C(Cc3ccccc3)CC(F)(F)C2)cc1C(F)(F)F. The van der Waals surface area contributed by atoms with Crippen molar-refractivity contribution in [3.8, 4) is 5.75 Å². The van der Waals surface area contributed by atoms with Gasteiger partial charge in [0.1, 0.15) is 12.4 Å². The topological polar surface area (TPSA) is 46.5 Å². The lowest BCUT2D eigenvalue weighted by Gasteiger charge is -2.15. The summed E-state index contributed by atoms with van der Waals surface area (Å²) >= 11 is 0. The Kier molecular flexibility index (Phi) is 6.67. The maximum Gasteiger partial charge on any atom is 0.416 e. The van der Waals surface area contributed by atoms with E-state index in [2.05, 4.69) is 0 Å². The number of aliphatic carboxylic acids is 1. The van der Waals surface area contributed by atoms with Crippen molar-refractivity contribution in [1.82, 2.24) is 0 Å². The fraction of sp³-hybridized carbons (Fsp3) is 0.348. The molecule has 8 heteroatoms. The van der Waals surface area contributed by atoms with Crippen LogP contribution in [0.2, 0.25) is 0 Å². The van der Waals surface area contributed by atoms with Crippen LogP contribution in [0.4, 0.5) is 22.0 Å². The van der Waals surface area contributed by atoms with Gasteiger partial charge in [0.2, 0.25) is 0 Å². The van der Waals surface area contributed by atoms with Crippen molar-refractivity contribution in [1.29, 1.82) is 0 Å². The molecule has 0 amide bonds. The number of rotatable bonds is 8. The van der Waals surface area contributed by atoms with Crippen LogP contribution in [0.3, 0.4) is 0 Å². The summed E-state index contributed by atoms with van der Waals surface area (Å²) in [7, 11) is 0. The molecule has 0 aliphatic heterocycles. The third-order valence-corrected chi connectivity index (χ3v) is 5.11. The lowest BCUT2D eigenvalue weighted by Crippen LogP contribution is -2.13. The van der Waals surface area contributed by atoms with Gasteiger partial charge in [0.05, 0.1) is 5.56 Å². The minimum absolute atomic E-state index is 0.104. The molecule has 1 aliphatic carbocycles. The van der Waals surface area contributed by atoms with Crippen molar-refractivity contribution in [3.63, 3.8) is 0 Å². The molecule has 2 aromatic rings. The lowest BCUT2D eigenvalue weighted by atomic mass is 10.0. The number of benzene rings is 2. The van der Waals surface area contributed by atoms with Crippen LogP contribution in [-0.4, -0.2) is 23.6 Å². The minimum Gasteiger partial charge on any atom is -0.489 e. The second-order valence-electron chi connectivity index (χ2n) is 7.58. The number of carboxylic acids is 1. The molecular formula is C23H21F5O3. The molecule has 166 valence electrons. The van der Waals surface area contributed by atoms with E-state index in [9.17, 15) is 26.7 Å². The fourth-order valence-electron chi connectivity index (χ4n) is 3.66. The first-order valence-corrected chi connectivity index (χ1v) is 9.70. The number of halogens is 5. The van der Waals surface area contributed by atoms with Crippen molar-refractivity contribution in [3.05, 3.63) is 76.4 Å². The Bertz CT molecular complexity index is 965. The molecule has 3 rings (SSSR count). The maximum atomic E-state index is 14.0. The van der Waals surface area contributed by atoms with Crippen molar-refractivity contribution >= 4 is 5.97 Å². The van der Waals surface area contributed by atoms with E-state index in [-0.39, 0.29) is 24.3 Å². The summed E-state index contributed by atoms with van der Waals surface area (Å²) in [5, 5.41) is 8.73. The van der Waals surface area contributed by atoms with Gasteiger partial charge in [-0.2, -0.15) is 13.2 Å². The third-order valence-electron chi connectivity index (χ3n) is 5.11. The van der Waals surface area contributed by atoms with Gasteiger partial charge in [0.25, 0.3) is 5.92 Å². The fourth-order valence-corrected chi connectivity index (χ4v) is 3.66. The summed E-state index contributed by atoms with van der Waals surface area (Å²) in [5.74, 6) is -4.21. The van der Waals surface area contributed by atoms with Crippen molar-refractivity contribution in [2.24, 2.45) is 0 Å². The number of hydrogen-bond donors (Lipinski definition) is 1. The molecule has 0 unspecified atom stereocenters. The number of allylic oxidation sites excluding steroid dienone is 1. The van der Waals surface area contributed by atoms with Gasteiger partial charge in [0.15, 0.2) is 0 Å². The van der Waals surface area contributed by atoms with E-state index in [1.807, 2.05) is 30.3 Å². The molecular weight excluding hydrogens is 419 g/mol. The molecule has 3 nitrogen and oxygen atoms in total. The molecule has 0 heterocycles. The van der Waals surface area contributed by atoms with Crippen LogP contribution in [0, 0.1) is 0 Å². The summed E-state index contributed by atoms with van der Waals surface area (Å²) in [6.45, 7) is -0.233. The normalized spacial score (nSPS) is 15.9. The van der Waals surface area contributed by atoms with Gasteiger partial charge in [-0.15, -0.1) is 0 Å². The van der Waals surface area contributed by atoms with E-state index >= 15 is 0 Å². The molecule has 0 atom stereocenters. The molecule has 0 spiro atoms. The zero-order valence-corrected chi connectivity index (χ0v) is 16.5. The van der Waals surface area contributed by atoms with E-state index < -0.39 is 42.9 Å². The Morgan fingerprint density at radius 2 is 1.71 bits per heavy atom. The average molecular weight is 440 g/mol. The number of alkyl halides is 5. The predicted molar refractivity (Wildman–Crippen MR) is 104 cm³/mol. The Balaban J connectivity index is 1.78. The van der Waals surface area contributed by atoms with Crippen LogP contribution in [0.5, 0.6) is 5.75 Å². The second kappa shape index (κ2) is 9.08. The van der Waals surface area contributed by atoms with Crippen LogP contribution >= 0.6 is 0 Å². The molecule has 1 aliphatic rings. The molecule has 0 saturated carbocycles. The standard InChI is InChI=1S/C23H21F5O3/c24-22(25)12-17(10-15-4-2-1-3-5-15)18(13-22)14-31-19-8-6-16(7-9-21(29)30)20(11-19)23(26,27)28/h1-6,8,11H,7,9-10,12-14H2,(H,29,30). The van der Waals surface area contributed by atoms with Gasteiger partial charge in [0, 0.05) is 19.3 Å². The summed E-state index contributed by atoms with van der Waals surface area (Å²) in [6.07, 6.45) is -5.96. The highest BCUT2D eigenvalue weighted by atomic mass is 19.4. The summed E-state index contributed by atoms with van der Waals surface area (Å²) < 4.78 is 73.6. The Morgan fingerprint density at radius 1 is 1.03 bits per heavy atom. The van der Waals surface area contributed by atoms with Gasteiger partial charge in [-0.3, -0.25) is 4.79 Å². The Labute approximate surface area is 176 Å². The summed E-state index contributed by atoms with van der Waals surface area (Å²) in [6, 6.07) is 12.4. The van der Waals surface area contributed by atoms with E-state index in [0.29, 0.717) is 17.6 Å². The van der Waals surface area contributed by atoms with Crippen molar-refractivity contribution in [2.75, 3.05) is 6.61 Å². The molecule has 0 saturated heterocycles. The predicted octanol–water partition coefficient (Wildman–Crippen LogP) is 6.07. The van der Waals surface area contributed by atoms with E-state index in [1.54, 1.807) is 0 Å². The van der Waals surface area contributed by atoms with Crippen molar-refractivity contribution < 1.29 is 36.6 Å². The van der Waals surface area contributed by atoms with Gasteiger partial charge in [-0.25, -0.2) is 8.78 Å². The van der Waals surface area contributed by atoms with Gasteiger partial charge in [-0.1, -0.05) is 42.0 Å². The number of hydrogen-bond acceptors (Lipinski definition) is 2. The van der Waals surface area contributed by atoms with E-state index in [0.717, 1.165) is 11.6 Å². The van der Waals surface area contributed by atoms with Crippen LogP contribution in [-0.2, 0) is 23.8 Å². The minimum atomic E-state index is -4.69. The van der Waals surface area contributed by atoms with Crippen molar-refractivity contribution in [2.45, 2.75) is 44.2 Å². The Hall–Kier alpha value is -2.90. The van der Waals surface area contributed by atoms with E-state index in [1.165, 1.54) is 12.1 Å². The quantitative estimate of drug-likeness (QED) is 0.400. The number of carboxylic acid groups (broad SMARTS) is 1. The summed E-state index contributed by atoms with van der Waals surface area (Å²) in [4.78, 5) is 10.7. The Morgan fingerprint density at radius 3 is 2.35 bits per heavy atom. The maximum absolute atomic E-state index is 14.0. The number of carbonyl (C=O) groups is 1. The average Bonchev–Trinajstić information content (AvgIpc) is 2.98. The largest absolute Gasteiger partial charge is 0.489 e. The molecule has 31 heavy (non-hydrogen) atoms. The first kappa shape index (κ1) is 22.8. The number of aryl methyl sites for hydroxylation is 1. The highest BCUT2D eigenvalue weighted by molar-refractivity contribution is 5.67. The zero-order chi connectivity index (χ0) is 22.6. The monoisotopic (exact) mass is 440 g/mol. The van der Waals surface area contributed by atoms with Gasteiger partial charge in [-0.05, 0) is 41.7 Å². The van der Waals surface area contributed by atoms with Gasteiger partial charge < -0.3 is 9.84 Å². The lowest BCUT2D eigenvalue weighted by molar-refractivity contribution is -0.140. The van der Waals surface area contributed by atoms with Crippen LogP contribution in [0.15, 0.2) is 59.7 Å². The van der Waals surface area contributed by atoms with E-state index in [4.69, 9.17) is 9.84 Å². The zero-order valence-electron chi connectivity index (χ0n) is 16.5. The molecule has 0 radical (unpaired) electrons. The molecule has 1 N–H and O–H groups in total. The van der Waals surface area contributed by atoms with Crippen LogP contribution < -0.4 is 4.74 Å². The second-order valence-corrected chi connectivity index (χ2v) is 7.58. The van der Waals surface area contributed by atoms with Gasteiger partial charge >= 0.3 is 12.1 Å². The first-order chi connectivity index (χ1) is 14.5. The smallest absolute Gasteiger partial charge is 0.416 e. The van der Waals surface area contributed by atoms with Crippen LogP contribution in [0.25, 0.3) is 0 Å². The summed E-state index contributed by atoms with van der Waals surface area (Å²) in [5.41, 5.74) is 0.651. The highest BCUT2D eigenvalue weighted by Gasteiger charge is 2.39. The molecule has 0 bridgehead atoms. The molecule has 0 aromatic heterocycles. The molecule has 0 fully saturated rings. The third kappa shape index (κ3) is 6.29.